The van der Waals surface area contributed by atoms with Crippen molar-refractivity contribution < 1.29 is 23.9 Å². The Hall–Kier alpha value is -1.43. The lowest BCUT2D eigenvalue weighted by Crippen LogP contribution is -2.46. The molecule has 1 aliphatic heterocycles. The Morgan fingerprint density at radius 2 is 1.72 bits per heavy atom. The molecule has 98 valence electrons. The Morgan fingerprint density at radius 3 is 2.22 bits per heavy atom. The number of nitrogens with one attached hydrogen (secondary N) is 1. The Labute approximate surface area is 104 Å². The van der Waals surface area contributed by atoms with Gasteiger partial charge in [-0.25, -0.2) is 0 Å². The van der Waals surface area contributed by atoms with Crippen molar-refractivity contribution in [3.63, 3.8) is 0 Å². The minimum atomic E-state index is -0.407. The molecule has 2 bridgehead atoms. The van der Waals surface area contributed by atoms with Crippen molar-refractivity contribution in [1.82, 2.24) is 5.32 Å². The summed E-state index contributed by atoms with van der Waals surface area (Å²) in [6, 6.07) is 0. The van der Waals surface area contributed by atoms with Crippen LogP contribution in [0.3, 0.4) is 0 Å². The van der Waals surface area contributed by atoms with E-state index in [1.807, 2.05) is 0 Å². The van der Waals surface area contributed by atoms with Gasteiger partial charge in [-0.3, -0.25) is 19.7 Å². The van der Waals surface area contributed by atoms with Gasteiger partial charge in [0.05, 0.1) is 17.9 Å². The average molecular weight is 253 g/mol. The van der Waals surface area contributed by atoms with Crippen LogP contribution in [0.25, 0.3) is 0 Å². The Balaban J connectivity index is 1.91. The predicted octanol–water partition coefficient (Wildman–Crippen LogP) is -0.528. The molecule has 3 aliphatic rings. The minimum Gasteiger partial charge on any atom is -0.459 e. The van der Waals surface area contributed by atoms with E-state index in [0.29, 0.717) is 6.42 Å². The number of hydrogen-bond acceptors (Lipinski definition) is 5. The first-order chi connectivity index (χ1) is 8.54. The number of carbonyl (C=O) groups excluding carboxylic acids is 3. The van der Waals surface area contributed by atoms with E-state index in [0.717, 1.165) is 0 Å². The van der Waals surface area contributed by atoms with Gasteiger partial charge in [0.25, 0.3) is 0 Å². The third-order valence-corrected chi connectivity index (χ3v) is 4.45. The largest absolute Gasteiger partial charge is 0.459 e. The van der Waals surface area contributed by atoms with Crippen LogP contribution < -0.4 is 5.32 Å². The maximum atomic E-state index is 11.8. The predicted molar refractivity (Wildman–Crippen MR) is 58.1 cm³/mol. The molecule has 6 atom stereocenters. The van der Waals surface area contributed by atoms with Gasteiger partial charge in [-0.1, -0.05) is 0 Å². The molecule has 3 fully saturated rings. The van der Waals surface area contributed by atoms with Gasteiger partial charge >= 0.3 is 5.97 Å². The molecule has 0 radical (unpaired) electrons. The summed E-state index contributed by atoms with van der Waals surface area (Å²) in [6.07, 6.45) is 0.0255. The molecule has 0 spiro atoms. The zero-order chi connectivity index (χ0) is 13.0. The van der Waals surface area contributed by atoms with Crippen LogP contribution in [-0.2, 0) is 23.9 Å². The van der Waals surface area contributed by atoms with Crippen molar-refractivity contribution in [2.24, 2.45) is 23.7 Å². The average Bonchev–Trinajstić information content (AvgIpc) is 2.90. The normalized spacial score (nSPS) is 45.0. The van der Waals surface area contributed by atoms with E-state index in [1.54, 1.807) is 7.11 Å². The number of fused-ring (bicyclic) bond motifs is 5. The van der Waals surface area contributed by atoms with Gasteiger partial charge in [-0.2, -0.15) is 0 Å². The molecule has 1 N–H and O–H groups in total. The van der Waals surface area contributed by atoms with Crippen molar-refractivity contribution >= 4 is 17.8 Å². The highest BCUT2D eigenvalue weighted by Gasteiger charge is 2.66. The van der Waals surface area contributed by atoms with Crippen LogP contribution >= 0.6 is 0 Å². The van der Waals surface area contributed by atoms with Gasteiger partial charge in [0, 0.05) is 25.9 Å². The molecule has 0 aromatic rings. The molecule has 6 unspecified atom stereocenters. The second-order valence-electron chi connectivity index (χ2n) is 5.24. The summed E-state index contributed by atoms with van der Waals surface area (Å²) >= 11 is 0. The van der Waals surface area contributed by atoms with Crippen LogP contribution in [-0.4, -0.2) is 37.1 Å². The van der Waals surface area contributed by atoms with Crippen molar-refractivity contribution in [2.45, 2.75) is 25.6 Å². The van der Waals surface area contributed by atoms with E-state index in [4.69, 9.17) is 9.47 Å². The molecule has 0 aromatic heterocycles. The molecule has 2 amide bonds. The van der Waals surface area contributed by atoms with Crippen molar-refractivity contribution in [2.75, 3.05) is 7.11 Å². The molecule has 6 nitrogen and oxygen atoms in total. The second kappa shape index (κ2) is 3.78. The van der Waals surface area contributed by atoms with Crippen LogP contribution in [0.4, 0.5) is 0 Å². The highest BCUT2D eigenvalue weighted by atomic mass is 16.6. The van der Waals surface area contributed by atoms with Gasteiger partial charge < -0.3 is 9.47 Å². The maximum absolute atomic E-state index is 11.8. The smallest absolute Gasteiger partial charge is 0.303 e. The number of esters is 1. The van der Waals surface area contributed by atoms with Gasteiger partial charge in [0.1, 0.15) is 6.10 Å². The van der Waals surface area contributed by atoms with Crippen LogP contribution in [0.15, 0.2) is 0 Å². The summed E-state index contributed by atoms with van der Waals surface area (Å²) in [5.41, 5.74) is 0. The molecule has 18 heavy (non-hydrogen) atoms. The lowest BCUT2D eigenvalue weighted by Gasteiger charge is -2.34. The molecular formula is C12H15NO5. The summed E-state index contributed by atoms with van der Waals surface area (Å²) in [5.74, 6) is -1.60. The molecule has 0 aromatic carbocycles. The first-order valence-electron chi connectivity index (χ1n) is 6.09. The fourth-order valence-corrected chi connectivity index (χ4v) is 3.96. The van der Waals surface area contributed by atoms with Crippen LogP contribution in [0, 0.1) is 23.7 Å². The summed E-state index contributed by atoms with van der Waals surface area (Å²) in [4.78, 5) is 34.7. The van der Waals surface area contributed by atoms with E-state index < -0.39 is 6.10 Å². The van der Waals surface area contributed by atoms with Crippen LogP contribution in [0.5, 0.6) is 0 Å². The summed E-state index contributed by atoms with van der Waals surface area (Å²) in [7, 11) is 1.55. The van der Waals surface area contributed by atoms with Gasteiger partial charge in [0.2, 0.25) is 11.8 Å². The van der Waals surface area contributed by atoms with E-state index in [-0.39, 0.29) is 47.6 Å². The molecule has 2 saturated carbocycles. The zero-order valence-corrected chi connectivity index (χ0v) is 10.2. The first kappa shape index (κ1) is 11.6. The number of rotatable bonds is 2. The summed E-state index contributed by atoms with van der Waals surface area (Å²) in [6.45, 7) is 1.34. The molecular weight excluding hydrogens is 238 g/mol. The highest BCUT2D eigenvalue weighted by molar-refractivity contribution is 6.06. The third kappa shape index (κ3) is 1.35. The molecule has 3 rings (SSSR count). The third-order valence-electron chi connectivity index (χ3n) is 4.45. The number of ether oxygens (including phenoxy) is 2. The minimum absolute atomic E-state index is 0.0270. The first-order valence-corrected chi connectivity index (χ1v) is 6.09. The molecule has 2 aliphatic carbocycles. The fraction of sp³-hybridized carbons (Fsp3) is 0.750. The summed E-state index contributed by atoms with van der Waals surface area (Å²) < 4.78 is 10.7. The Bertz CT molecular complexity index is 434. The summed E-state index contributed by atoms with van der Waals surface area (Å²) in [5, 5.41) is 2.36. The van der Waals surface area contributed by atoms with E-state index >= 15 is 0 Å². The van der Waals surface area contributed by atoms with E-state index in [2.05, 4.69) is 5.32 Å². The van der Waals surface area contributed by atoms with Gasteiger partial charge in [-0.05, 0) is 6.42 Å². The van der Waals surface area contributed by atoms with Crippen molar-refractivity contribution in [3.8, 4) is 0 Å². The Kier molecular flexibility index (Phi) is 2.45. The SMILES string of the molecule is COC1C2CC(C1OC(C)=O)C1C(=O)NC(=O)C21. The van der Waals surface area contributed by atoms with E-state index in [1.165, 1.54) is 6.92 Å². The quantitative estimate of drug-likeness (QED) is 0.528. The number of hydrogen-bond donors (Lipinski definition) is 1. The highest BCUT2D eigenvalue weighted by Crippen LogP contribution is 2.56. The number of methoxy groups -OCH3 is 1. The standard InChI is InChI=1S/C12H15NO5/c1-4(14)18-10-6-3-5(9(10)17-2)7-8(6)12(16)13-11(7)15/h5-10H,3H2,1-2H3,(H,13,15,16). The number of amides is 2. The monoisotopic (exact) mass is 253 g/mol. The topological polar surface area (TPSA) is 81.7 Å². The van der Waals surface area contributed by atoms with Gasteiger partial charge in [-0.15, -0.1) is 0 Å². The number of carbonyl (C=O) groups is 3. The Morgan fingerprint density at radius 1 is 1.17 bits per heavy atom. The van der Waals surface area contributed by atoms with Crippen LogP contribution in [0.1, 0.15) is 13.3 Å². The van der Waals surface area contributed by atoms with Crippen LogP contribution in [0.2, 0.25) is 0 Å². The van der Waals surface area contributed by atoms with E-state index in [9.17, 15) is 14.4 Å². The second-order valence-corrected chi connectivity index (χ2v) is 5.24. The molecule has 1 saturated heterocycles. The van der Waals surface area contributed by atoms with Gasteiger partial charge in [0.15, 0.2) is 0 Å². The van der Waals surface area contributed by atoms with Crippen molar-refractivity contribution in [3.05, 3.63) is 0 Å². The maximum Gasteiger partial charge on any atom is 0.303 e. The number of imide groups is 1. The molecule has 1 heterocycles. The fourth-order valence-electron chi connectivity index (χ4n) is 3.96. The lowest BCUT2D eigenvalue weighted by molar-refractivity contribution is -0.163. The zero-order valence-electron chi connectivity index (χ0n) is 10.2. The van der Waals surface area contributed by atoms with Crippen molar-refractivity contribution in [1.29, 1.82) is 0 Å². The lowest BCUT2D eigenvalue weighted by atomic mass is 9.78. The molecule has 6 heteroatoms.